The third-order valence-electron chi connectivity index (χ3n) is 1.82. The summed E-state index contributed by atoms with van der Waals surface area (Å²) in [5, 5.41) is 0. The number of halogens is 3. The Morgan fingerprint density at radius 2 is 2.07 bits per heavy atom. The third-order valence-corrected chi connectivity index (χ3v) is 2.54. The van der Waals surface area contributed by atoms with Gasteiger partial charge < -0.3 is 0 Å². The molecular formula is C10H9F3OS. The highest BCUT2D eigenvalue weighted by Crippen LogP contribution is 2.21. The van der Waals surface area contributed by atoms with Crippen LogP contribution in [0.2, 0.25) is 0 Å². The van der Waals surface area contributed by atoms with E-state index in [0.29, 0.717) is 5.56 Å². The number of hydrogen-bond acceptors (Lipinski definition) is 2. The van der Waals surface area contributed by atoms with E-state index in [1.807, 2.05) is 6.26 Å². The fourth-order valence-electron chi connectivity index (χ4n) is 1.07. The predicted molar refractivity (Wildman–Crippen MR) is 53.0 cm³/mol. The molecule has 0 amide bonds. The Morgan fingerprint density at radius 1 is 1.40 bits per heavy atom. The average Bonchev–Trinajstić information content (AvgIpc) is 2.16. The van der Waals surface area contributed by atoms with Gasteiger partial charge in [-0.1, -0.05) is 12.1 Å². The first-order valence-corrected chi connectivity index (χ1v) is 5.39. The van der Waals surface area contributed by atoms with Crippen LogP contribution in [-0.2, 0) is 11.2 Å². The molecule has 0 N–H and O–H groups in total. The second-order valence-electron chi connectivity index (χ2n) is 2.95. The molecule has 1 aromatic carbocycles. The van der Waals surface area contributed by atoms with Crippen LogP contribution in [0, 0.1) is 0 Å². The highest BCUT2D eigenvalue weighted by Gasteiger charge is 2.37. The summed E-state index contributed by atoms with van der Waals surface area (Å²) in [6.45, 7) is 0. The summed E-state index contributed by atoms with van der Waals surface area (Å²) in [6, 6.07) is 6.54. The summed E-state index contributed by atoms with van der Waals surface area (Å²) in [6.07, 6.45) is -3.50. The fraction of sp³-hybridized carbons (Fsp3) is 0.300. The number of rotatable bonds is 3. The summed E-state index contributed by atoms with van der Waals surface area (Å²) < 4.78 is 35.9. The van der Waals surface area contributed by atoms with Crippen molar-refractivity contribution in [2.75, 3.05) is 6.26 Å². The van der Waals surface area contributed by atoms with Crippen molar-refractivity contribution < 1.29 is 18.0 Å². The Kier molecular flexibility index (Phi) is 3.79. The number of Topliss-reactive ketones (excluding diaryl/α,β-unsaturated/α-hetero) is 1. The highest BCUT2D eigenvalue weighted by molar-refractivity contribution is 7.98. The summed E-state index contributed by atoms with van der Waals surface area (Å²) >= 11 is 1.42. The summed E-state index contributed by atoms with van der Waals surface area (Å²) in [5.74, 6) is -1.71. The van der Waals surface area contributed by atoms with E-state index >= 15 is 0 Å². The minimum absolute atomic E-state index is 0.393. The molecule has 15 heavy (non-hydrogen) atoms. The molecule has 0 saturated carbocycles. The molecule has 1 nitrogen and oxygen atoms in total. The molecule has 1 rings (SSSR count). The van der Waals surface area contributed by atoms with Crippen molar-refractivity contribution >= 4 is 17.5 Å². The van der Waals surface area contributed by atoms with E-state index in [2.05, 4.69) is 0 Å². The molecule has 0 bridgehead atoms. The van der Waals surface area contributed by atoms with Gasteiger partial charge in [0.05, 0.1) is 0 Å². The zero-order chi connectivity index (χ0) is 11.5. The van der Waals surface area contributed by atoms with Gasteiger partial charge in [-0.3, -0.25) is 4.79 Å². The quantitative estimate of drug-likeness (QED) is 0.747. The Bertz CT molecular complexity index is 360. The van der Waals surface area contributed by atoms with Crippen molar-refractivity contribution in [2.45, 2.75) is 17.5 Å². The standard InChI is InChI=1S/C10H9F3OS/c1-15-8-4-2-3-7(5-8)6-9(14)10(11,12)13/h2-5H,6H2,1H3. The zero-order valence-corrected chi connectivity index (χ0v) is 8.78. The molecule has 0 spiro atoms. The van der Waals surface area contributed by atoms with E-state index in [-0.39, 0.29) is 0 Å². The first-order valence-electron chi connectivity index (χ1n) is 4.16. The molecule has 0 aliphatic heterocycles. The maximum Gasteiger partial charge on any atom is 0.450 e. The van der Waals surface area contributed by atoms with Crippen LogP contribution in [-0.4, -0.2) is 18.2 Å². The highest BCUT2D eigenvalue weighted by atomic mass is 32.2. The monoisotopic (exact) mass is 234 g/mol. The average molecular weight is 234 g/mol. The number of alkyl halides is 3. The van der Waals surface area contributed by atoms with Gasteiger partial charge in [-0.2, -0.15) is 13.2 Å². The maximum atomic E-state index is 12.0. The van der Waals surface area contributed by atoms with Crippen molar-refractivity contribution in [2.24, 2.45) is 0 Å². The Hall–Kier alpha value is -0.970. The van der Waals surface area contributed by atoms with Gasteiger partial charge in [0.25, 0.3) is 0 Å². The van der Waals surface area contributed by atoms with E-state index in [4.69, 9.17) is 0 Å². The van der Waals surface area contributed by atoms with Gasteiger partial charge >= 0.3 is 6.18 Å². The lowest BCUT2D eigenvalue weighted by molar-refractivity contribution is -0.170. The van der Waals surface area contributed by atoms with Crippen LogP contribution >= 0.6 is 11.8 Å². The predicted octanol–water partition coefficient (Wildman–Crippen LogP) is 3.08. The summed E-state index contributed by atoms with van der Waals surface area (Å²) in [7, 11) is 0. The van der Waals surface area contributed by atoms with Crippen molar-refractivity contribution in [1.82, 2.24) is 0 Å². The first-order chi connectivity index (χ1) is 6.93. The Balaban J connectivity index is 2.77. The van der Waals surface area contributed by atoms with Gasteiger partial charge in [-0.05, 0) is 24.0 Å². The molecule has 0 unspecified atom stereocenters. The van der Waals surface area contributed by atoms with Gasteiger partial charge in [0, 0.05) is 11.3 Å². The second kappa shape index (κ2) is 4.70. The summed E-state index contributed by atoms with van der Waals surface area (Å²) in [4.78, 5) is 11.6. The van der Waals surface area contributed by atoms with Gasteiger partial charge in [0.1, 0.15) is 0 Å². The topological polar surface area (TPSA) is 17.1 Å². The van der Waals surface area contributed by atoms with E-state index < -0.39 is 18.4 Å². The first kappa shape index (κ1) is 12.1. The fourth-order valence-corrected chi connectivity index (χ4v) is 1.55. The Labute approximate surface area is 89.7 Å². The SMILES string of the molecule is CSc1cccc(CC(=O)C(F)(F)F)c1. The van der Waals surface area contributed by atoms with E-state index in [1.165, 1.54) is 17.8 Å². The number of benzene rings is 1. The molecule has 82 valence electrons. The smallest absolute Gasteiger partial charge is 0.289 e. The van der Waals surface area contributed by atoms with Crippen LogP contribution in [0.5, 0.6) is 0 Å². The lowest BCUT2D eigenvalue weighted by Gasteiger charge is -2.05. The molecule has 0 aliphatic rings. The van der Waals surface area contributed by atoms with Crippen LogP contribution in [0.3, 0.4) is 0 Å². The van der Waals surface area contributed by atoms with Crippen molar-refractivity contribution in [3.8, 4) is 0 Å². The van der Waals surface area contributed by atoms with Crippen LogP contribution in [0.1, 0.15) is 5.56 Å². The maximum absolute atomic E-state index is 12.0. The lowest BCUT2D eigenvalue weighted by atomic mass is 10.1. The minimum atomic E-state index is -4.74. The molecule has 0 atom stereocenters. The van der Waals surface area contributed by atoms with Crippen molar-refractivity contribution in [3.05, 3.63) is 29.8 Å². The normalized spacial score (nSPS) is 11.5. The van der Waals surface area contributed by atoms with Gasteiger partial charge in [-0.25, -0.2) is 0 Å². The molecule has 0 radical (unpaired) electrons. The van der Waals surface area contributed by atoms with Crippen LogP contribution < -0.4 is 0 Å². The molecule has 0 heterocycles. The lowest BCUT2D eigenvalue weighted by Crippen LogP contribution is -2.24. The molecular weight excluding hydrogens is 225 g/mol. The van der Waals surface area contributed by atoms with Gasteiger partial charge in [0.2, 0.25) is 5.78 Å². The molecule has 0 aliphatic carbocycles. The second-order valence-corrected chi connectivity index (χ2v) is 3.83. The molecule has 1 aromatic rings. The molecule has 0 saturated heterocycles. The van der Waals surface area contributed by atoms with E-state index in [1.54, 1.807) is 18.2 Å². The van der Waals surface area contributed by atoms with Crippen molar-refractivity contribution in [3.63, 3.8) is 0 Å². The third kappa shape index (κ3) is 3.58. The van der Waals surface area contributed by atoms with Crippen LogP contribution in [0.25, 0.3) is 0 Å². The van der Waals surface area contributed by atoms with E-state index in [0.717, 1.165) is 4.90 Å². The zero-order valence-electron chi connectivity index (χ0n) is 7.97. The number of hydrogen-bond donors (Lipinski definition) is 0. The minimum Gasteiger partial charge on any atom is -0.289 e. The molecule has 0 fully saturated rings. The van der Waals surface area contributed by atoms with Crippen LogP contribution in [0.4, 0.5) is 13.2 Å². The van der Waals surface area contributed by atoms with Gasteiger partial charge in [0.15, 0.2) is 0 Å². The molecule has 0 aromatic heterocycles. The molecule has 5 heteroatoms. The number of carbonyl (C=O) groups is 1. The number of carbonyl (C=O) groups excluding carboxylic acids is 1. The summed E-state index contributed by atoms with van der Waals surface area (Å²) in [5.41, 5.74) is 0.393. The number of ketones is 1. The van der Waals surface area contributed by atoms with Gasteiger partial charge in [-0.15, -0.1) is 11.8 Å². The van der Waals surface area contributed by atoms with Crippen LogP contribution in [0.15, 0.2) is 29.2 Å². The van der Waals surface area contributed by atoms with Crippen molar-refractivity contribution in [1.29, 1.82) is 0 Å². The number of thioether (sulfide) groups is 1. The largest absolute Gasteiger partial charge is 0.450 e. The Morgan fingerprint density at radius 3 is 2.60 bits per heavy atom. The van der Waals surface area contributed by atoms with E-state index in [9.17, 15) is 18.0 Å².